The van der Waals surface area contributed by atoms with E-state index in [0.29, 0.717) is 6.54 Å². The van der Waals surface area contributed by atoms with Gasteiger partial charge in [0.05, 0.1) is 13.0 Å². The third-order valence-corrected chi connectivity index (χ3v) is 3.74. The molecule has 0 fully saturated rings. The lowest BCUT2D eigenvalue weighted by atomic mass is 10.1. The standard InChI is InChI=1S/C20H21NO4/c1-3-25-20(24)19(23)13-18(22)11-10-17-9-6-12-21(17)14-16-8-5-4-7-15(16)2/h4-12H,3,13-14H2,1-2H3/b11-10+. The molecule has 2 aromatic rings. The second-order valence-corrected chi connectivity index (χ2v) is 5.61. The first-order chi connectivity index (χ1) is 12.0. The third-order valence-electron chi connectivity index (χ3n) is 3.74. The van der Waals surface area contributed by atoms with E-state index in [1.807, 2.05) is 35.0 Å². The molecule has 2 rings (SSSR count). The summed E-state index contributed by atoms with van der Waals surface area (Å²) >= 11 is 0. The van der Waals surface area contributed by atoms with E-state index in [0.717, 1.165) is 5.69 Å². The lowest BCUT2D eigenvalue weighted by Crippen LogP contribution is -2.19. The quantitative estimate of drug-likeness (QED) is 0.321. The maximum atomic E-state index is 11.9. The van der Waals surface area contributed by atoms with Crippen molar-refractivity contribution in [1.82, 2.24) is 4.57 Å². The summed E-state index contributed by atoms with van der Waals surface area (Å²) in [6, 6.07) is 11.9. The molecule has 0 aliphatic heterocycles. The number of aromatic nitrogens is 1. The number of esters is 1. The van der Waals surface area contributed by atoms with Crippen molar-refractivity contribution in [2.45, 2.75) is 26.8 Å². The summed E-state index contributed by atoms with van der Waals surface area (Å²) in [5.41, 5.74) is 3.24. The van der Waals surface area contributed by atoms with E-state index in [9.17, 15) is 14.4 Å². The second kappa shape index (κ2) is 8.78. The van der Waals surface area contributed by atoms with Crippen molar-refractivity contribution < 1.29 is 19.1 Å². The van der Waals surface area contributed by atoms with Crippen LogP contribution in [0.1, 0.15) is 30.2 Å². The van der Waals surface area contributed by atoms with Crippen molar-refractivity contribution in [2.24, 2.45) is 0 Å². The molecule has 0 saturated heterocycles. The van der Waals surface area contributed by atoms with Crippen molar-refractivity contribution in [3.63, 3.8) is 0 Å². The zero-order valence-corrected chi connectivity index (χ0v) is 14.4. The zero-order valence-electron chi connectivity index (χ0n) is 14.4. The van der Waals surface area contributed by atoms with Crippen LogP contribution in [0.3, 0.4) is 0 Å². The monoisotopic (exact) mass is 339 g/mol. The summed E-state index contributed by atoms with van der Waals surface area (Å²) < 4.78 is 6.60. The van der Waals surface area contributed by atoms with Crippen molar-refractivity contribution in [3.8, 4) is 0 Å². The predicted molar refractivity (Wildman–Crippen MR) is 95.0 cm³/mol. The average molecular weight is 339 g/mol. The van der Waals surface area contributed by atoms with E-state index >= 15 is 0 Å². The molecule has 1 heterocycles. The Morgan fingerprint density at radius 3 is 2.60 bits per heavy atom. The number of carbonyl (C=O) groups excluding carboxylic acids is 3. The highest BCUT2D eigenvalue weighted by Gasteiger charge is 2.17. The van der Waals surface area contributed by atoms with Crippen LogP contribution < -0.4 is 0 Å². The molecule has 0 amide bonds. The smallest absolute Gasteiger partial charge is 0.375 e. The van der Waals surface area contributed by atoms with Crippen molar-refractivity contribution in [1.29, 1.82) is 0 Å². The Morgan fingerprint density at radius 2 is 1.88 bits per heavy atom. The minimum absolute atomic E-state index is 0.112. The van der Waals surface area contributed by atoms with Crippen LogP contribution in [0.4, 0.5) is 0 Å². The molecule has 0 aliphatic carbocycles. The Labute approximate surface area is 146 Å². The SMILES string of the molecule is CCOC(=O)C(=O)CC(=O)/C=C/c1cccn1Cc1ccccc1C. The minimum atomic E-state index is -0.966. The first-order valence-electron chi connectivity index (χ1n) is 8.11. The first-order valence-corrected chi connectivity index (χ1v) is 8.11. The molecule has 25 heavy (non-hydrogen) atoms. The molecule has 0 aliphatic rings. The first kappa shape index (κ1) is 18.4. The van der Waals surface area contributed by atoms with E-state index in [-0.39, 0.29) is 6.61 Å². The maximum absolute atomic E-state index is 11.9. The molecule has 0 unspecified atom stereocenters. The number of benzene rings is 1. The lowest BCUT2D eigenvalue weighted by Gasteiger charge is -2.09. The van der Waals surface area contributed by atoms with Gasteiger partial charge in [0.2, 0.25) is 5.78 Å². The number of nitrogens with zero attached hydrogens (tertiary/aromatic N) is 1. The molecule has 0 atom stereocenters. The van der Waals surface area contributed by atoms with Gasteiger partial charge in [-0.05, 0) is 49.3 Å². The molecule has 130 valence electrons. The van der Waals surface area contributed by atoms with Gasteiger partial charge in [0.15, 0.2) is 5.78 Å². The minimum Gasteiger partial charge on any atom is -0.460 e. The highest BCUT2D eigenvalue weighted by atomic mass is 16.5. The molecule has 5 heteroatoms. The van der Waals surface area contributed by atoms with E-state index < -0.39 is 24.0 Å². The zero-order chi connectivity index (χ0) is 18.2. The van der Waals surface area contributed by atoms with Gasteiger partial charge in [-0.3, -0.25) is 9.59 Å². The highest BCUT2D eigenvalue weighted by Crippen LogP contribution is 2.13. The number of Topliss-reactive ketones (excluding diaryl/α,β-unsaturated/α-hetero) is 1. The number of hydrogen-bond acceptors (Lipinski definition) is 4. The van der Waals surface area contributed by atoms with Crippen LogP contribution in [-0.2, 0) is 25.7 Å². The van der Waals surface area contributed by atoms with Gasteiger partial charge in [0.25, 0.3) is 0 Å². The molecule has 0 N–H and O–H groups in total. The summed E-state index contributed by atoms with van der Waals surface area (Å²) in [7, 11) is 0. The van der Waals surface area contributed by atoms with Gasteiger partial charge >= 0.3 is 5.97 Å². The highest BCUT2D eigenvalue weighted by molar-refractivity contribution is 6.37. The molecule has 0 radical (unpaired) electrons. The van der Waals surface area contributed by atoms with Gasteiger partial charge in [-0.1, -0.05) is 24.3 Å². The van der Waals surface area contributed by atoms with Gasteiger partial charge in [-0.2, -0.15) is 0 Å². The van der Waals surface area contributed by atoms with Crippen molar-refractivity contribution >= 4 is 23.6 Å². The fraction of sp³-hybridized carbons (Fsp3) is 0.250. The molecule has 0 spiro atoms. The van der Waals surface area contributed by atoms with Gasteiger partial charge < -0.3 is 9.30 Å². The van der Waals surface area contributed by atoms with Crippen LogP contribution in [0.5, 0.6) is 0 Å². The summed E-state index contributed by atoms with van der Waals surface area (Å²) in [6.07, 6.45) is 4.42. The topological polar surface area (TPSA) is 65.4 Å². The lowest BCUT2D eigenvalue weighted by molar-refractivity contribution is -0.154. The Balaban J connectivity index is 2.01. The van der Waals surface area contributed by atoms with Gasteiger partial charge in [0.1, 0.15) is 0 Å². The number of aryl methyl sites for hydroxylation is 1. The van der Waals surface area contributed by atoms with Crippen LogP contribution in [-0.4, -0.2) is 28.7 Å². The summed E-state index contributed by atoms with van der Waals surface area (Å²) in [5.74, 6) is -2.22. The average Bonchev–Trinajstić information content (AvgIpc) is 3.02. The van der Waals surface area contributed by atoms with E-state index in [4.69, 9.17) is 0 Å². The van der Waals surface area contributed by atoms with Crippen molar-refractivity contribution in [2.75, 3.05) is 6.61 Å². The molecule has 0 saturated carbocycles. The van der Waals surface area contributed by atoms with Gasteiger partial charge in [0, 0.05) is 18.4 Å². The Morgan fingerprint density at radius 1 is 1.12 bits per heavy atom. The maximum Gasteiger partial charge on any atom is 0.375 e. The largest absolute Gasteiger partial charge is 0.460 e. The Bertz CT molecular complexity index is 802. The predicted octanol–water partition coefficient (Wildman–Crippen LogP) is 2.95. The number of hydrogen-bond donors (Lipinski definition) is 0. The van der Waals surface area contributed by atoms with E-state index in [1.165, 1.54) is 17.2 Å². The summed E-state index contributed by atoms with van der Waals surface area (Å²) in [6.45, 7) is 4.46. The van der Waals surface area contributed by atoms with Crippen LogP contribution in [0.25, 0.3) is 6.08 Å². The fourth-order valence-corrected chi connectivity index (χ4v) is 2.37. The van der Waals surface area contributed by atoms with Crippen LogP contribution in [0.2, 0.25) is 0 Å². The van der Waals surface area contributed by atoms with Crippen LogP contribution >= 0.6 is 0 Å². The Kier molecular flexibility index (Phi) is 6.46. The third kappa shape index (κ3) is 5.28. The number of ether oxygens (including phenoxy) is 1. The summed E-state index contributed by atoms with van der Waals surface area (Å²) in [4.78, 5) is 34.6. The molecule has 1 aromatic carbocycles. The van der Waals surface area contributed by atoms with Crippen LogP contribution in [0.15, 0.2) is 48.7 Å². The number of allylic oxidation sites excluding steroid dienone is 1. The van der Waals surface area contributed by atoms with Gasteiger partial charge in [-0.25, -0.2) is 4.79 Å². The number of carbonyl (C=O) groups is 3. The molecule has 0 bridgehead atoms. The number of ketones is 2. The van der Waals surface area contributed by atoms with E-state index in [2.05, 4.69) is 23.8 Å². The fourth-order valence-electron chi connectivity index (χ4n) is 2.37. The number of rotatable bonds is 8. The Hall–Kier alpha value is -2.95. The summed E-state index contributed by atoms with van der Waals surface area (Å²) in [5, 5.41) is 0. The molecule has 1 aromatic heterocycles. The second-order valence-electron chi connectivity index (χ2n) is 5.61. The van der Waals surface area contributed by atoms with Gasteiger partial charge in [-0.15, -0.1) is 0 Å². The normalized spacial score (nSPS) is 10.8. The van der Waals surface area contributed by atoms with Crippen molar-refractivity contribution in [3.05, 3.63) is 65.5 Å². The molecular formula is C20H21NO4. The molecule has 5 nitrogen and oxygen atoms in total. The van der Waals surface area contributed by atoms with Crippen LogP contribution in [0, 0.1) is 6.92 Å². The van der Waals surface area contributed by atoms with E-state index in [1.54, 1.807) is 13.0 Å². The molecular weight excluding hydrogens is 318 g/mol.